The minimum Gasteiger partial charge on any atom is -0.462 e. The topological polar surface area (TPSA) is 63.6 Å². The number of hydrogen-bond donors (Lipinski definition) is 1. The highest BCUT2D eigenvalue weighted by Crippen LogP contribution is 2.13. The zero-order chi connectivity index (χ0) is 17.1. The number of esters is 1. The van der Waals surface area contributed by atoms with E-state index in [4.69, 9.17) is 9.84 Å². The van der Waals surface area contributed by atoms with Gasteiger partial charge in [0.15, 0.2) is 5.78 Å². The quantitative estimate of drug-likeness (QED) is 0.406. The normalized spacial score (nSPS) is 12.3. The average molecular weight is 318 g/mol. The van der Waals surface area contributed by atoms with Crippen molar-refractivity contribution in [2.24, 2.45) is 5.92 Å². The van der Waals surface area contributed by atoms with E-state index in [1.54, 1.807) is 30.3 Å². The van der Waals surface area contributed by atoms with E-state index in [2.05, 4.69) is 13.8 Å². The Morgan fingerprint density at radius 1 is 1.22 bits per heavy atom. The van der Waals surface area contributed by atoms with Crippen LogP contribution in [0, 0.1) is 5.92 Å². The van der Waals surface area contributed by atoms with Gasteiger partial charge >= 0.3 is 5.97 Å². The van der Waals surface area contributed by atoms with Crippen molar-refractivity contribution in [1.29, 1.82) is 0 Å². The van der Waals surface area contributed by atoms with Crippen LogP contribution in [0.2, 0.25) is 0 Å². The molecule has 0 amide bonds. The molecule has 1 unspecified atom stereocenters. The van der Waals surface area contributed by atoms with Gasteiger partial charge in [-0.2, -0.15) is 0 Å². The van der Waals surface area contributed by atoms with Gasteiger partial charge < -0.3 is 9.84 Å². The molecule has 4 heteroatoms. The van der Waals surface area contributed by atoms with Crippen LogP contribution in [-0.2, 0) is 9.53 Å². The zero-order valence-electron chi connectivity index (χ0n) is 14.0. The third-order valence-corrected chi connectivity index (χ3v) is 3.79. The molecule has 0 heterocycles. The number of carbonyl (C=O) groups excluding carboxylic acids is 2. The van der Waals surface area contributed by atoms with Crippen LogP contribution < -0.4 is 0 Å². The summed E-state index contributed by atoms with van der Waals surface area (Å²) in [6.45, 7) is 4.22. The van der Waals surface area contributed by atoms with E-state index >= 15 is 0 Å². The van der Waals surface area contributed by atoms with Gasteiger partial charge in [-0.15, -0.1) is 0 Å². The smallest absolute Gasteiger partial charge is 0.330 e. The summed E-state index contributed by atoms with van der Waals surface area (Å²) in [6, 6.07) is 6.70. The second-order valence-corrected chi connectivity index (χ2v) is 5.58. The highest BCUT2D eigenvalue weighted by atomic mass is 16.5. The molecule has 0 aliphatic carbocycles. The molecular formula is C19H26O4. The summed E-state index contributed by atoms with van der Waals surface area (Å²) in [7, 11) is 0. The van der Waals surface area contributed by atoms with E-state index in [-0.39, 0.29) is 11.8 Å². The van der Waals surface area contributed by atoms with E-state index in [0.717, 1.165) is 31.2 Å². The molecule has 0 radical (unpaired) electrons. The largest absolute Gasteiger partial charge is 0.462 e. The van der Waals surface area contributed by atoms with E-state index in [1.807, 2.05) is 0 Å². The molecule has 0 saturated carbocycles. The molecule has 0 saturated heterocycles. The van der Waals surface area contributed by atoms with Crippen molar-refractivity contribution in [2.75, 3.05) is 13.2 Å². The summed E-state index contributed by atoms with van der Waals surface area (Å²) in [5, 5.41) is 8.79. The van der Waals surface area contributed by atoms with Crippen LogP contribution in [0.5, 0.6) is 0 Å². The van der Waals surface area contributed by atoms with Crippen molar-refractivity contribution < 1.29 is 19.4 Å². The maximum atomic E-state index is 11.7. The van der Waals surface area contributed by atoms with Crippen molar-refractivity contribution >= 4 is 17.8 Å². The summed E-state index contributed by atoms with van der Waals surface area (Å²) in [6.07, 6.45) is 7.46. The average Bonchev–Trinajstić information content (AvgIpc) is 2.59. The van der Waals surface area contributed by atoms with Gasteiger partial charge in [0.1, 0.15) is 6.61 Å². The van der Waals surface area contributed by atoms with Crippen LogP contribution >= 0.6 is 0 Å². The maximum Gasteiger partial charge on any atom is 0.330 e. The Morgan fingerprint density at radius 2 is 1.91 bits per heavy atom. The van der Waals surface area contributed by atoms with Crippen LogP contribution in [0.4, 0.5) is 0 Å². The lowest BCUT2D eigenvalue weighted by molar-refractivity contribution is -0.139. The summed E-state index contributed by atoms with van der Waals surface area (Å²) in [5.74, 6) is -0.246. The Kier molecular flexibility index (Phi) is 8.91. The Hall–Kier alpha value is -1.94. The summed E-state index contributed by atoms with van der Waals surface area (Å²) < 4.78 is 5.28. The number of carbonyl (C=O) groups is 2. The predicted octanol–water partition coefficient (Wildman–Crippen LogP) is 3.63. The number of aliphatic hydroxyl groups excluding tert-OH is 1. The van der Waals surface area contributed by atoms with Gasteiger partial charge in [0, 0.05) is 11.6 Å². The monoisotopic (exact) mass is 318 g/mol. The lowest BCUT2D eigenvalue weighted by atomic mass is 10.0. The van der Waals surface area contributed by atoms with E-state index in [0.29, 0.717) is 18.1 Å². The second kappa shape index (κ2) is 10.7. The number of ether oxygens (including phenoxy) is 1. The van der Waals surface area contributed by atoms with Gasteiger partial charge in [0.2, 0.25) is 0 Å². The van der Waals surface area contributed by atoms with Gasteiger partial charge in [-0.05, 0) is 24.0 Å². The molecule has 1 rings (SSSR count). The fourth-order valence-corrected chi connectivity index (χ4v) is 2.18. The third kappa shape index (κ3) is 7.24. The molecule has 0 aliphatic rings. The number of aliphatic hydroxyl groups is 1. The highest BCUT2D eigenvalue weighted by molar-refractivity contribution is 5.97. The predicted molar refractivity (Wildman–Crippen MR) is 91.2 cm³/mol. The summed E-state index contributed by atoms with van der Waals surface area (Å²) in [5.41, 5.74) is 1.25. The Morgan fingerprint density at radius 3 is 2.48 bits per heavy atom. The summed E-state index contributed by atoms with van der Waals surface area (Å²) >= 11 is 0. The molecule has 0 fully saturated rings. The van der Waals surface area contributed by atoms with Crippen molar-refractivity contribution in [1.82, 2.24) is 0 Å². The fourth-order valence-electron chi connectivity index (χ4n) is 2.18. The van der Waals surface area contributed by atoms with Crippen LogP contribution in [0.25, 0.3) is 6.08 Å². The van der Waals surface area contributed by atoms with E-state index in [1.165, 1.54) is 6.08 Å². The molecule has 1 aromatic carbocycles. The van der Waals surface area contributed by atoms with Crippen molar-refractivity contribution in [3.05, 3.63) is 41.5 Å². The number of ketones is 1. The molecule has 0 aliphatic heterocycles. The molecule has 4 nitrogen and oxygen atoms in total. The van der Waals surface area contributed by atoms with Gasteiger partial charge in [0.25, 0.3) is 0 Å². The van der Waals surface area contributed by atoms with Crippen molar-refractivity contribution in [3.63, 3.8) is 0 Å². The zero-order valence-corrected chi connectivity index (χ0v) is 14.0. The first kappa shape index (κ1) is 19.1. The SMILES string of the molecule is CCCCC(CC)COC(=O)C=Cc1ccc(C(=O)CO)cc1. The number of Topliss-reactive ketones (excluding diaryl/α,β-unsaturated/α-hetero) is 1. The minimum absolute atomic E-state index is 0.322. The molecule has 1 aromatic rings. The van der Waals surface area contributed by atoms with Gasteiger partial charge in [-0.1, -0.05) is 57.4 Å². The molecule has 0 spiro atoms. The fraction of sp³-hybridized carbons (Fsp3) is 0.474. The Labute approximate surface area is 138 Å². The third-order valence-electron chi connectivity index (χ3n) is 3.79. The number of benzene rings is 1. The second-order valence-electron chi connectivity index (χ2n) is 5.58. The first-order chi connectivity index (χ1) is 11.1. The number of unbranched alkanes of at least 4 members (excludes halogenated alkanes) is 1. The van der Waals surface area contributed by atoms with E-state index < -0.39 is 6.61 Å². The number of hydrogen-bond acceptors (Lipinski definition) is 4. The summed E-state index contributed by atoms with van der Waals surface area (Å²) in [4.78, 5) is 23.0. The van der Waals surface area contributed by atoms with E-state index in [9.17, 15) is 9.59 Å². The van der Waals surface area contributed by atoms with Gasteiger partial charge in [0.05, 0.1) is 6.61 Å². The first-order valence-corrected chi connectivity index (χ1v) is 8.19. The molecule has 1 N–H and O–H groups in total. The molecule has 0 bridgehead atoms. The van der Waals surface area contributed by atoms with Crippen LogP contribution in [0.1, 0.15) is 55.5 Å². The molecule has 0 aromatic heterocycles. The minimum atomic E-state index is -0.502. The molecule has 1 atom stereocenters. The van der Waals surface area contributed by atoms with Crippen LogP contribution in [0.3, 0.4) is 0 Å². The van der Waals surface area contributed by atoms with Gasteiger partial charge in [-0.3, -0.25) is 4.79 Å². The Bertz CT molecular complexity index is 517. The van der Waals surface area contributed by atoms with Crippen molar-refractivity contribution in [2.45, 2.75) is 39.5 Å². The highest BCUT2D eigenvalue weighted by Gasteiger charge is 2.08. The van der Waals surface area contributed by atoms with Crippen molar-refractivity contribution in [3.8, 4) is 0 Å². The lowest BCUT2D eigenvalue weighted by Gasteiger charge is -2.13. The molecular weight excluding hydrogens is 292 g/mol. The Balaban J connectivity index is 2.46. The van der Waals surface area contributed by atoms with Gasteiger partial charge in [-0.25, -0.2) is 4.79 Å². The molecule has 23 heavy (non-hydrogen) atoms. The van der Waals surface area contributed by atoms with Crippen LogP contribution in [-0.4, -0.2) is 30.1 Å². The number of rotatable bonds is 10. The standard InChI is InChI=1S/C19H26O4/c1-3-5-6-15(4-2)14-23-19(22)12-9-16-7-10-17(11-8-16)18(21)13-20/h7-12,15,20H,3-6,13-14H2,1-2H3. The van der Waals surface area contributed by atoms with Crippen LogP contribution in [0.15, 0.2) is 30.3 Å². The molecule has 126 valence electrons. The maximum absolute atomic E-state index is 11.7. The first-order valence-electron chi connectivity index (χ1n) is 8.19. The lowest BCUT2D eigenvalue weighted by Crippen LogP contribution is -2.12.